The van der Waals surface area contributed by atoms with E-state index in [0.29, 0.717) is 19.4 Å². The average molecular weight is 271 g/mol. The summed E-state index contributed by atoms with van der Waals surface area (Å²) >= 11 is 0. The minimum Gasteiger partial charge on any atom is -0.480 e. The normalized spacial score (nSPS) is 24.5. The molecule has 7 nitrogen and oxygen atoms in total. The lowest BCUT2D eigenvalue weighted by molar-refractivity contribution is -0.145. The van der Waals surface area contributed by atoms with Gasteiger partial charge in [0.05, 0.1) is 11.8 Å². The first-order valence-electron chi connectivity index (χ1n) is 6.44. The molecule has 1 rings (SSSR count). The van der Waals surface area contributed by atoms with Gasteiger partial charge in [0, 0.05) is 6.54 Å². The van der Waals surface area contributed by atoms with Crippen LogP contribution < -0.4 is 16.4 Å². The number of nitrogens with one attached hydrogen (secondary N) is 2. The molecule has 0 aromatic rings. The number of carboxylic acids is 1. The lowest BCUT2D eigenvalue weighted by Gasteiger charge is -2.36. The van der Waals surface area contributed by atoms with E-state index in [4.69, 9.17) is 10.8 Å². The van der Waals surface area contributed by atoms with Gasteiger partial charge in [0.25, 0.3) is 0 Å². The Balaban J connectivity index is 2.74. The maximum atomic E-state index is 12.3. The fourth-order valence-corrected chi connectivity index (χ4v) is 2.34. The number of hydrogen-bond donors (Lipinski definition) is 4. The van der Waals surface area contributed by atoms with Gasteiger partial charge in [-0.25, -0.2) is 4.79 Å². The summed E-state index contributed by atoms with van der Waals surface area (Å²) in [5.74, 6) is -2.32. The predicted octanol–water partition coefficient (Wildman–Crippen LogP) is -0.789. The number of hydrogen-bond acceptors (Lipinski definition) is 4. The summed E-state index contributed by atoms with van der Waals surface area (Å²) in [6.45, 7) is 3.29. The monoisotopic (exact) mass is 271 g/mol. The third-order valence-corrected chi connectivity index (χ3v) is 3.64. The van der Waals surface area contributed by atoms with Crippen LogP contribution in [0.25, 0.3) is 0 Å². The van der Waals surface area contributed by atoms with Crippen LogP contribution in [0, 0.1) is 5.41 Å². The van der Waals surface area contributed by atoms with E-state index in [1.54, 1.807) is 0 Å². The van der Waals surface area contributed by atoms with Crippen molar-refractivity contribution in [2.24, 2.45) is 11.1 Å². The van der Waals surface area contributed by atoms with Gasteiger partial charge in [0.1, 0.15) is 6.04 Å². The Labute approximate surface area is 111 Å². The van der Waals surface area contributed by atoms with Gasteiger partial charge in [-0.15, -0.1) is 0 Å². The molecule has 108 valence electrons. The number of primary amides is 1. The minimum atomic E-state index is -1.25. The second-order valence-electron chi connectivity index (χ2n) is 4.95. The Morgan fingerprint density at radius 2 is 2.16 bits per heavy atom. The van der Waals surface area contributed by atoms with Crippen LogP contribution in [0.2, 0.25) is 0 Å². The number of carbonyl (C=O) groups is 3. The molecule has 2 atom stereocenters. The van der Waals surface area contributed by atoms with Crippen molar-refractivity contribution in [3.05, 3.63) is 0 Å². The van der Waals surface area contributed by atoms with E-state index >= 15 is 0 Å². The predicted molar refractivity (Wildman–Crippen MR) is 68.2 cm³/mol. The number of nitrogens with two attached hydrogens (primary N) is 1. The zero-order valence-corrected chi connectivity index (χ0v) is 11.1. The van der Waals surface area contributed by atoms with E-state index in [1.807, 2.05) is 6.92 Å². The molecular formula is C12H21N3O4. The first-order chi connectivity index (χ1) is 8.91. The van der Waals surface area contributed by atoms with E-state index in [0.717, 1.165) is 13.0 Å². The molecule has 1 heterocycles. The molecule has 1 aliphatic rings. The van der Waals surface area contributed by atoms with Gasteiger partial charge in [0.15, 0.2) is 0 Å². The molecule has 0 radical (unpaired) electrons. The van der Waals surface area contributed by atoms with E-state index in [9.17, 15) is 14.4 Å². The highest BCUT2D eigenvalue weighted by atomic mass is 16.4. The highest BCUT2D eigenvalue weighted by Gasteiger charge is 2.39. The van der Waals surface area contributed by atoms with Gasteiger partial charge in [0.2, 0.25) is 11.8 Å². The van der Waals surface area contributed by atoms with Gasteiger partial charge >= 0.3 is 5.97 Å². The third kappa shape index (κ3) is 3.92. The van der Waals surface area contributed by atoms with Crippen molar-refractivity contribution in [3.63, 3.8) is 0 Å². The summed E-state index contributed by atoms with van der Waals surface area (Å²) < 4.78 is 0. The highest BCUT2D eigenvalue weighted by Crippen LogP contribution is 2.30. The molecule has 2 unspecified atom stereocenters. The number of rotatable bonds is 6. The topological polar surface area (TPSA) is 122 Å². The van der Waals surface area contributed by atoms with Gasteiger partial charge in [-0.3, -0.25) is 9.59 Å². The number of carbonyl (C=O) groups excluding carboxylic acids is 2. The summed E-state index contributed by atoms with van der Waals surface area (Å²) in [5, 5.41) is 14.6. The van der Waals surface area contributed by atoms with Crippen molar-refractivity contribution in [3.8, 4) is 0 Å². The Morgan fingerprint density at radius 1 is 1.47 bits per heavy atom. The summed E-state index contributed by atoms with van der Waals surface area (Å²) in [5.41, 5.74) is 4.39. The zero-order chi connectivity index (χ0) is 14.5. The van der Waals surface area contributed by atoms with Crippen LogP contribution >= 0.6 is 0 Å². The molecule has 5 N–H and O–H groups in total. The van der Waals surface area contributed by atoms with Crippen molar-refractivity contribution in [1.29, 1.82) is 0 Å². The van der Waals surface area contributed by atoms with Gasteiger partial charge in [-0.05, 0) is 25.8 Å². The smallest absolute Gasteiger partial charge is 0.326 e. The summed E-state index contributed by atoms with van der Waals surface area (Å²) in [6.07, 6.45) is 1.81. The van der Waals surface area contributed by atoms with Gasteiger partial charge in [-0.1, -0.05) is 6.92 Å². The Hall–Kier alpha value is -1.63. The second kappa shape index (κ2) is 6.51. The van der Waals surface area contributed by atoms with Crippen molar-refractivity contribution in [2.75, 3.05) is 13.1 Å². The van der Waals surface area contributed by atoms with Crippen LogP contribution in [0.1, 0.15) is 32.6 Å². The fourth-order valence-electron chi connectivity index (χ4n) is 2.34. The lowest BCUT2D eigenvalue weighted by Crippen LogP contribution is -2.54. The number of carboxylic acid groups (broad SMARTS) is 1. The van der Waals surface area contributed by atoms with Crippen molar-refractivity contribution in [1.82, 2.24) is 10.6 Å². The van der Waals surface area contributed by atoms with Crippen LogP contribution in [0.5, 0.6) is 0 Å². The molecule has 19 heavy (non-hydrogen) atoms. The SMILES string of the molecule is CCC1(C(=O)NC(CC(N)=O)C(=O)O)CCCNC1. The molecule has 7 heteroatoms. The molecule has 1 aliphatic heterocycles. The standard InChI is InChI=1S/C12H21N3O4/c1-2-12(4-3-5-14-7-12)11(19)15-8(10(17)18)6-9(13)16/h8,14H,2-7H2,1H3,(H2,13,16)(H,15,19)(H,17,18). The second-order valence-corrected chi connectivity index (χ2v) is 4.95. The van der Waals surface area contributed by atoms with Crippen molar-refractivity contribution in [2.45, 2.75) is 38.6 Å². The molecule has 0 aliphatic carbocycles. The third-order valence-electron chi connectivity index (χ3n) is 3.64. The molecule has 2 amide bonds. The van der Waals surface area contributed by atoms with Gasteiger partial charge < -0.3 is 21.5 Å². The van der Waals surface area contributed by atoms with E-state index < -0.39 is 29.8 Å². The maximum Gasteiger partial charge on any atom is 0.326 e. The Morgan fingerprint density at radius 3 is 2.58 bits per heavy atom. The Bertz CT molecular complexity index is 364. The van der Waals surface area contributed by atoms with Crippen molar-refractivity contribution >= 4 is 17.8 Å². The minimum absolute atomic E-state index is 0.323. The quantitative estimate of drug-likeness (QED) is 0.504. The molecule has 0 saturated carbocycles. The number of amides is 2. The molecule has 0 aromatic heterocycles. The molecule has 1 fully saturated rings. The molecule has 0 bridgehead atoms. The van der Waals surface area contributed by atoms with Gasteiger partial charge in [-0.2, -0.15) is 0 Å². The summed E-state index contributed by atoms with van der Waals surface area (Å²) in [7, 11) is 0. The van der Waals surface area contributed by atoms with Crippen molar-refractivity contribution < 1.29 is 19.5 Å². The zero-order valence-electron chi connectivity index (χ0n) is 11.1. The number of aliphatic carboxylic acids is 1. The average Bonchev–Trinajstić information content (AvgIpc) is 2.38. The van der Waals surface area contributed by atoms with E-state index in [2.05, 4.69) is 10.6 Å². The van der Waals surface area contributed by atoms with E-state index in [1.165, 1.54) is 0 Å². The molecule has 0 spiro atoms. The summed E-state index contributed by atoms with van der Waals surface area (Å²) in [6, 6.07) is -1.25. The first kappa shape index (κ1) is 15.4. The van der Waals surface area contributed by atoms with E-state index in [-0.39, 0.29) is 5.91 Å². The largest absolute Gasteiger partial charge is 0.480 e. The van der Waals surface area contributed by atoms with Crippen LogP contribution in [0.3, 0.4) is 0 Å². The molecule has 1 saturated heterocycles. The summed E-state index contributed by atoms with van der Waals surface area (Å²) in [4.78, 5) is 34.1. The molecular weight excluding hydrogens is 250 g/mol. The lowest BCUT2D eigenvalue weighted by atomic mass is 9.77. The number of piperidine rings is 1. The van der Waals surface area contributed by atoms with Crippen LogP contribution in [-0.2, 0) is 14.4 Å². The fraction of sp³-hybridized carbons (Fsp3) is 0.750. The first-order valence-corrected chi connectivity index (χ1v) is 6.44. The Kier molecular flexibility index (Phi) is 5.29. The highest BCUT2D eigenvalue weighted by molar-refractivity contribution is 5.90. The molecule has 0 aromatic carbocycles. The van der Waals surface area contributed by atoms with Crippen LogP contribution in [0.4, 0.5) is 0 Å². The maximum absolute atomic E-state index is 12.3. The van der Waals surface area contributed by atoms with Crippen LogP contribution in [0.15, 0.2) is 0 Å². The van der Waals surface area contributed by atoms with Crippen LogP contribution in [-0.4, -0.2) is 42.0 Å².